The fourth-order valence-electron chi connectivity index (χ4n) is 18.3. The van der Waals surface area contributed by atoms with Crippen molar-refractivity contribution in [2.24, 2.45) is 0 Å². The van der Waals surface area contributed by atoms with Crippen LogP contribution in [-0.2, 0) is 0 Å². The molecule has 7 unspecified atom stereocenters. The number of fused-ring (bicyclic) bond motifs is 8. The third kappa shape index (κ3) is 11.0. The third-order valence-corrected chi connectivity index (χ3v) is 24.3. The van der Waals surface area contributed by atoms with E-state index in [0.29, 0.717) is 0 Å². The fourth-order valence-corrected chi connectivity index (χ4v) is 19.8. The van der Waals surface area contributed by atoms with Gasteiger partial charge in [-0.15, -0.1) is 11.8 Å². The topological polar surface area (TPSA) is 22.2 Å². The van der Waals surface area contributed by atoms with Gasteiger partial charge >= 0.3 is 0 Å². The van der Waals surface area contributed by atoms with Gasteiger partial charge in [-0.25, -0.2) is 0 Å². The number of aryl methyl sites for hydroxylation is 1. The van der Waals surface area contributed by atoms with Crippen LogP contribution in [0.4, 0.5) is 39.8 Å². The van der Waals surface area contributed by atoms with Crippen LogP contribution in [0.15, 0.2) is 404 Å². The molecule has 20 rings (SSSR count). The predicted octanol–water partition coefficient (Wildman–Crippen LogP) is 23.0. The molecule has 8 heteroatoms. The number of para-hydroxylation sites is 2. The maximum atomic E-state index is 7.57. The number of ether oxygens (including phenoxy) is 1. The minimum absolute atomic E-state index is 0.0272. The van der Waals surface area contributed by atoms with Crippen LogP contribution in [0, 0.1) is 6.92 Å². The molecule has 0 bridgehead atoms. The highest BCUT2D eigenvalue weighted by Gasteiger charge is 2.58. The molecule has 12 aromatic carbocycles. The first-order valence-corrected chi connectivity index (χ1v) is 38.0. The van der Waals surface area contributed by atoms with Crippen LogP contribution in [0.5, 0.6) is 5.75 Å². The Bertz CT molecular complexity index is 5410. The SMILES string of the molecule is Cc1cccc(-c2ccccc2)c1N1C2=CC3Sc4cc(N(c5ccc(-c6ccccc6)cc5)c5ccc(-c6ccccc6)cc5)cc5c4B(C3C=C2B2c3ccccc3OC3=CC(N(c4ccc(-c6ccccc6)cc4)c4ccc(-c6ccccc6)cc4)=CC1C23)C1C=CC=CC1N5C1C=CC=CC1. The Balaban J connectivity index is 0.800. The lowest BCUT2D eigenvalue weighted by atomic mass is 9.24. The summed E-state index contributed by atoms with van der Waals surface area (Å²) < 4.78 is 7.57. The summed E-state index contributed by atoms with van der Waals surface area (Å²) in [5, 5.41) is 0.0558. The fraction of sp³-hybridized carbons (Fsp3) is 0.0928. The summed E-state index contributed by atoms with van der Waals surface area (Å²) in [7, 11) is 0. The molecule has 1 fully saturated rings. The van der Waals surface area contributed by atoms with Gasteiger partial charge in [0.15, 0.2) is 6.71 Å². The summed E-state index contributed by atoms with van der Waals surface area (Å²) in [5.41, 5.74) is 27.5. The quantitative estimate of drug-likeness (QED) is 0.107. The second kappa shape index (κ2) is 26.4. The van der Waals surface area contributed by atoms with E-state index in [-0.39, 0.29) is 54.3 Å². The number of rotatable bonds is 13. The van der Waals surface area contributed by atoms with Gasteiger partial charge in [-0.3, -0.25) is 0 Å². The van der Waals surface area contributed by atoms with Crippen molar-refractivity contribution in [3.63, 3.8) is 0 Å². The highest BCUT2D eigenvalue weighted by atomic mass is 32.2. The Morgan fingerprint density at radius 3 is 1.51 bits per heavy atom. The van der Waals surface area contributed by atoms with E-state index in [1.165, 1.54) is 99.6 Å². The first-order valence-electron chi connectivity index (χ1n) is 37.1. The van der Waals surface area contributed by atoms with E-state index in [1.807, 2.05) is 0 Å². The van der Waals surface area contributed by atoms with E-state index < -0.39 is 0 Å². The zero-order valence-corrected chi connectivity index (χ0v) is 59.1. The standard InChI is InChI=1S/C97H74B2N4OS/c1-65-25-24-38-82(74-34-16-6-17-35-74)97(65)103-88-64-93-86(63-85(88)99-84-40-21-23-42-91(84)104-92-61-80(59-89(103)95(92)99)100(76-51-43-70(44-52-76)66-26-8-2-9-27-66)77-53-45-71(46-54-77)67-28-10-3-11-29-67)98-83-39-20-22-41-87(83)102(75-36-18-7-19-37-75)90-60-81(62-94(105-93)96(90)98)101(78-55-47-72(48-56-78)68-30-12-4-13-31-68)79-57-49-73(50-58-79)69-32-14-5-15-33-69/h2-36,38-64,75,83,86-87,89,93,95H,37H2,1H3. The van der Waals surface area contributed by atoms with E-state index >= 15 is 0 Å². The smallest absolute Gasteiger partial charge is 0.230 e. The van der Waals surface area contributed by atoms with Crippen LogP contribution >= 0.6 is 11.8 Å². The van der Waals surface area contributed by atoms with Crippen LogP contribution in [0.2, 0.25) is 17.5 Å². The summed E-state index contributed by atoms with van der Waals surface area (Å²) >= 11 is 2.08. The molecule has 0 spiro atoms. The molecule has 105 heavy (non-hydrogen) atoms. The number of benzene rings is 12. The minimum Gasteiger partial charge on any atom is -0.463 e. The van der Waals surface area contributed by atoms with Crippen LogP contribution in [0.25, 0.3) is 55.6 Å². The van der Waals surface area contributed by atoms with Crippen molar-refractivity contribution in [2.45, 2.75) is 59.1 Å². The number of anilines is 7. The molecule has 0 radical (unpaired) electrons. The number of thioether (sulfide) groups is 1. The molecule has 4 aliphatic carbocycles. The predicted molar refractivity (Wildman–Crippen MR) is 443 cm³/mol. The first kappa shape index (κ1) is 62.8. The lowest BCUT2D eigenvalue weighted by Crippen LogP contribution is -2.63. The molecular weight excluding hydrogens is 1290 g/mol. The van der Waals surface area contributed by atoms with E-state index in [0.717, 1.165) is 52.1 Å². The summed E-state index contributed by atoms with van der Waals surface area (Å²) in [6, 6.07) is 112. The Labute approximate surface area is 621 Å². The van der Waals surface area contributed by atoms with Crippen molar-refractivity contribution >= 4 is 75.9 Å². The molecule has 12 aromatic rings. The van der Waals surface area contributed by atoms with Crippen LogP contribution < -0.4 is 35.3 Å². The maximum absolute atomic E-state index is 7.57. The third-order valence-electron chi connectivity index (χ3n) is 23.0. The molecule has 7 atom stereocenters. The van der Waals surface area contributed by atoms with Gasteiger partial charge in [0.1, 0.15) is 11.5 Å². The average Bonchev–Trinajstić information content (AvgIpc) is 0.688. The van der Waals surface area contributed by atoms with Crippen molar-refractivity contribution < 1.29 is 4.74 Å². The number of allylic oxidation sites excluding steroid dienone is 7. The van der Waals surface area contributed by atoms with Crippen molar-refractivity contribution in [1.82, 2.24) is 0 Å². The van der Waals surface area contributed by atoms with Crippen molar-refractivity contribution in [2.75, 3.05) is 19.6 Å². The largest absolute Gasteiger partial charge is 0.463 e. The zero-order chi connectivity index (χ0) is 69.5. The molecule has 0 saturated carbocycles. The van der Waals surface area contributed by atoms with E-state index in [9.17, 15) is 0 Å². The Morgan fingerprint density at radius 2 is 0.952 bits per heavy atom. The van der Waals surface area contributed by atoms with Gasteiger partial charge in [-0.05, 0) is 176 Å². The molecule has 0 amide bonds. The summed E-state index contributed by atoms with van der Waals surface area (Å²) in [6.07, 6.45) is 30.6. The average molecular weight is 1370 g/mol. The van der Waals surface area contributed by atoms with Gasteiger partial charge in [0.05, 0.1) is 17.8 Å². The van der Waals surface area contributed by atoms with E-state index in [2.05, 4.69) is 415 Å². The molecule has 5 nitrogen and oxygen atoms in total. The van der Waals surface area contributed by atoms with Crippen LogP contribution in [0.1, 0.15) is 12.0 Å². The Morgan fingerprint density at radius 1 is 0.438 bits per heavy atom. The summed E-state index contributed by atoms with van der Waals surface area (Å²) in [4.78, 5) is 11.9. The second-order valence-electron chi connectivity index (χ2n) is 28.9. The second-order valence-corrected chi connectivity index (χ2v) is 30.1. The lowest BCUT2D eigenvalue weighted by Gasteiger charge is -2.56. The highest BCUT2D eigenvalue weighted by molar-refractivity contribution is 8.00. The molecule has 500 valence electrons. The summed E-state index contributed by atoms with van der Waals surface area (Å²) in [6.45, 7) is 2.45. The monoisotopic (exact) mass is 1360 g/mol. The van der Waals surface area contributed by atoms with Crippen LogP contribution in [0.3, 0.4) is 0 Å². The van der Waals surface area contributed by atoms with Gasteiger partial charge in [0, 0.05) is 73.1 Å². The van der Waals surface area contributed by atoms with Crippen molar-refractivity contribution in [1.29, 1.82) is 0 Å². The van der Waals surface area contributed by atoms with Gasteiger partial charge in [0.2, 0.25) is 6.71 Å². The minimum atomic E-state index is -0.206. The van der Waals surface area contributed by atoms with Crippen LogP contribution in [-0.4, -0.2) is 36.8 Å². The van der Waals surface area contributed by atoms with E-state index in [4.69, 9.17) is 4.74 Å². The van der Waals surface area contributed by atoms with Crippen molar-refractivity contribution in [3.8, 4) is 61.4 Å². The first-order chi connectivity index (χ1) is 52.0. The normalized spacial score (nSPS) is 20.3. The number of nitrogens with zero attached hydrogens (tertiary/aromatic N) is 4. The molecule has 8 aliphatic rings. The molecule has 4 heterocycles. The number of hydrogen-bond donors (Lipinski definition) is 0. The Hall–Kier alpha value is -12.0. The van der Waals surface area contributed by atoms with Gasteiger partial charge in [0.25, 0.3) is 0 Å². The number of hydrogen-bond acceptors (Lipinski definition) is 6. The molecule has 4 aliphatic heterocycles. The highest BCUT2D eigenvalue weighted by Crippen LogP contribution is 2.60. The Kier molecular flexibility index (Phi) is 15.8. The van der Waals surface area contributed by atoms with Crippen molar-refractivity contribution in [3.05, 3.63) is 404 Å². The molecule has 1 saturated heterocycles. The summed E-state index contributed by atoms with van der Waals surface area (Å²) in [5.74, 6) is 2.14. The molecular formula is C97H74B2N4OS. The lowest BCUT2D eigenvalue weighted by molar-refractivity contribution is 0.383. The molecule has 0 aromatic heterocycles. The van der Waals surface area contributed by atoms with Gasteiger partial charge in [-0.2, -0.15) is 0 Å². The van der Waals surface area contributed by atoms with E-state index in [1.54, 1.807) is 0 Å². The van der Waals surface area contributed by atoms with Gasteiger partial charge in [-0.1, -0.05) is 297 Å². The van der Waals surface area contributed by atoms with Gasteiger partial charge < -0.3 is 24.3 Å². The zero-order valence-electron chi connectivity index (χ0n) is 58.3. The maximum Gasteiger partial charge on any atom is 0.230 e. The molecule has 0 N–H and O–H groups in total.